The molecule has 6 nitrogen and oxygen atoms in total. The molecule has 0 spiro atoms. The Hall–Kier alpha value is -1.14. The lowest BCUT2D eigenvalue weighted by atomic mass is 10.1. The molecule has 0 radical (unpaired) electrons. The molecule has 0 saturated carbocycles. The average molecular weight is 245 g/mol. The summed E-state index contributed by atoms with van der Waals surface area (Å²) in [5.41, 5.74) is 5.38. The first kappa shape index (κ1) is 15.9. The van der Waals surface area contributed by atoms with Gasteiger partial charge in [-0.15, -0.1) is 0 Å². The molecule has 0 aliphatic rings. The summed E-state index contributed by atoms with van der Waals surface area (Å²) in [5.74, 6) is -0.925. The largest absolute Gasteiger partial charge is 0.480 e. The highest BCUT2D eigenvalue weighted by Crippen LogP contribution is 2.02. The predicted octanol–water partition coefficient (Wildman–Crippen LogP) is -0.363. The molecule has 17 heavy (non-hydrogen) atoms. The Bertz CT molecular complexity index is 246. The number of likely N-dealkylation sites (N-methyl/N-ethyl adjacent to an activating group) is 1. The van der Waals surface area contributed by atoms with Crippen molar-refractivity contribution in [1.82, 2.24) is 10.2 Å². The van der Waals surface area contributed by atoms with Crippen LogP contribution in [-0.2, 0) is 9.59 Å². The predicted molar refractivity (Wildman–Crippen MR) is 65.6 cm³/mol. The van der Waals surface area contributed by atoms with Crippen LogP contribution in [0.4, 0.5) is 0 Å². The van der Waals surface area contributed by atoms with Gasteiger partial charge in [0.2, 0.25) is 5.91 Å². The smallest absolute Gasteiger partial charge is 0.320 e. The van der Waals surface area contributed by atoms with Crippen molar-refractivity contribution in [3.05, 3.63) is 0 Å². The Morgan fingerprint density at radius 3 is 2.47 bits per heavy atom. The average Bonchev–Trinajstić information content (AvgIpc) is 2.27. The van der Waals surface area contributed by atoms with Crippen LogP contribution >= 0.6 is 0 Å². The van der Waals surface area contributed by atoms with Gasteiger partial charge in [0.15, 0.2) is 0 Å². The van der Waals surface area contributed by atoms with Crippen LogP contribution in [-0.4, -0.2) is 54.6 Å². The van der Waals surface area contributed by atoms with E-state index in [1.165, 1.54) is 0 Å². The Labute approximate surface area is 102 Å². The third kappa shape index (κ3) is 7.70. The highest BCUT2D eigenvalue weighted by atomic mass is 16.4. The number of rotatable bonds is 9. The second-order valence-electron chi connectivity index (χ2n) is 4.05. The minimum Gasteiger partial charge on any atom is -0.480 e. The molecule has 4 N–H and O–H groups in total. The number of hydrogen-bond donors (Lipinski definition) is 3. The number of amides is 1. The van der Waals surface area contributed by atoms with E-state index in [1.807, 2.05) is 7.05 Å². The molecular formula is C11H23N3O3. The van der Waals surface area contributed by atoms with Gasteiger partial charge in [-0.05, 0) is 26.3 Å². The second-order valence-corrected chi connectivity index (χ2v) is 4.05. The fourth-order valence-electron chi connectivity index (χ4n) is 1.46. The van der Waals surface area contributed by atoms with E-state index < -0.39 is 12.0 Å². The zero-order valence-electron chi connectivity index (χ0n) is 10.6. The van der Waals surface area contributed by atoms with E-state index in [0.29, 0.717) is 19.5 Å². The summed E-state index contributed by atoms with van der Waals surface area (Å²) >= 11 is 0. The molecule has 1 atom stereocenters. The van der Waals surface area contributed by atoms with Crippen molar-refractivity contribution < 1.29 is 14.7 Å². The van der Waals surface area contributed by atoms with Crippen LogP contribution in [0.5, 0.6) is 0 Å². The van der Waals surface area contributed by atoms with Gasteiger partial charge in [-0.25, -0.2) is 0 Å². The monoisotopic (exact) mass is 245 g/mol. The summed E-state index contributed by atoms with van der Waals surface area (Å²) < 4.78 is 0. The fourth-order valence-corrected chi connectivity index (χ4v) is 1.46. The molecular weight excluding hydrogens is 222 g/mol. The van der Waals surface area contributed by atoms with E-state index in [4.69, 9.17) is 10.8 Å². The number of carbonyl (C=O) groups is 2. The highest BCUT2D eigenvalue weighted by molar-refractivity contribution is 5.73. The van der Waals surface area contributed by atoms with Crippen LogP contribution in [0.3, 0.4) is 0 Å². The number of unbranched alkanes of at least 4 members (excludes halogenated alkanes) is 1. The first-order valence-electron chi connectivity index (χ1n) is 5.87. The van der Waals surface area contributed by atoms with Gasteiger partial charge in [-0.2, -0.15) is 0 Å². The van der Waals surface area contributed by atoms with Crippen molar-refractivity contribution in [2.24, 2.45) is 5.73 Å². The Kier molecular flexibility index (Phi) is 8.35. The van der Waals surface area contributed by atoms with Gasteiger partial charge in [0, 0.05) is 26.6 Å². The lowest BCUT2D eigenvalue weighted by molar-refractivity contribution is -0.138. The normalized spacial score (nSPS) is 12.2. The van der Waals surface area contributed by atoms with Crippen molar-refractivity contribution >= 4 is 11.9 Å². The van der Waals surface area contributed by atoms with Crippen molar-refractivity contribution in [2.75, 3.05) is 26.7 Å². The van der Waals surface area contributed by atoms with Crippen LogP contribution in [0.2, 0.25) is 0 Å². The summed E-state index contributed by atoms with van der Waals surface area (Å²) in [6, 6.07) is -0.793. The topological polar surface area (TPSA) is 95.7 Å². The van der Waals surface area contributed by atoms with Gasteiger partial charge >= 0.3 is 5.97 Å². The van der Waals surface area contributed by atoms with Crippen molar-refractivity contribution in [2.45, 2.75) is 32.2 Å². The van der Waals surface area contributed by atoms with Gasteiger partial charge in [-0.3, -0.25) is 9.59 Å². The first-order valence-corrected chi connectivity index (χ1v) is 5.87. The first-order chi connectivity index (χ1) is 7.99. The van der Waals surface area contributed by atoms with Crippen LogP contribution in [0.25, 0.3) is 0 Å². The number of carboxylic acids is 1. The minimum absolute atomic E-state index is 0.0442. The molecule has 0 unspecified atom stereocenters. The van der Waals surface area contributed by atoms with Crippen molar-refractivity contribution in [3.8, 4) is 0 Å². The van der Waals surface area contributed by atoms with Crippen molar-refractivity contribution in [1.29, 1.82) is 0 Å². The number of nitrogens with two attached hydrogens (primary N) is 1. The summed E-state index contributed by atoms with van der Waals surface area (Å²) in [7, 11) is 1.84. The molecule has 1 amide bonds. The summed E-state index contributed by atoms with van der Waals surface area (Å²) in [6.45, 7) is 3.63. The van der Waals surface area contributed by atoms with E-state index in [2.05, 4.69) is 5.32 Å². The number of nitrogens with zero attached hydrogens (tertiary/aromatic N) is 1. The highest BCUT2D eigenvalue weighted by Gasteiger charge is 2.11. The van der Waals surface area contributed by atoms with Gasteiger partial charge < -0.3 is 21.1 Å². The molecule has 0 aromatic heterocycles. The molecule has 0 rings (SSSR count). The Balaban J connectivity index is 3.75. The molecule has 0 heterocycles. The van der Waals surface area contributed by atoms with Gasteiger partial charge in [0.25, 0.3) is 0 Å². The molecule has 0 fully saturated rings. The molecule has 6 heteroatoms. The Morgan fingerprint density at radius 2 is 2.00 bits per heavy atom. The maximum Gasteiger partial charge on any atom is 0.320 e. The standard InChI is InChI=1S/C11H23N3O3/c1-9(15)14(8-6-13-2)7-4-3-5-10(12)11(16)17/h10,13H,3-8,12H2,1-2H3,(H,16,17)/t10-/m0/s1. The zero-order valence-corrected chi connectivity index (χ0v) is 10.6. The van der Waals surface area contributed by atoms with Crippen LogP contribution in [0.15, 0.2) is 0 Å². The fraction of sp³-hybridized carbons (Fsp3) is 0.818. The zero-order chi connectivity index (χ0) is 13.3. The molecule has 0 aromatic carbocycles. The number of aliphatic carboxylic acids is 1. The van der Waals surface area contributed by atoms with E-state index in [-0.39, 0.29) is 5.91 Å². The van der Waals surface area contributed by atoms with Crippen LogP contribution < -0.4 is 11.1 Å². The van der Waals surface area contributed by atoms with Crippen LogP contribution in [0.1, 0.15) is 26.2 Å². The third-order valence-corrected chi connectivity index (χ3v) is 2.59. The van der Waals surface area contributed by atoms with E-state index >= 15 is 0 Å². The van der Waals surface area contributed by atoms with Gasteiger partial charge in [0.05, 0.1) is 0 Å². The number of carboxylic acid groups (broad SMARTS) is 1. The second kappa shape index (κ2) is 8.95. The third-order valence-electron chi connectivity index (χ3n) is 2.59. The molecule has 0 bridgehead atoms. The van der Waals surface area contributed by atoms with E-state index in [9.17, 15) is 9.59 Å². The lowest BCUT2D eigenvalue weighted by Crippen LogP contribution is -2.35. The SMILES string of the molecule is CNCCN(CCCC[C@H](N)C(=O)O)C(C)=O. The number of nitrogens with one attached hydrogen (secondary N) is 1. The molecule has 0 aliphatic heterocycles. The van der Waals surface area contributed by atoms with Gasteiger partial charge in [0.1, 0.15) is 6.04 Å². The Morgan fingerprint density at radius 1 is 1.35 bits per heavy atom. The number of hydrogen-bond acceptors (Lipinski definition) is 4. The van der Waals surface area contributed by atoms with E-state index in [0.717, 1.165) is 19.4 Å². The molecule has 0 aliphatic carbocycles. The van der Waals surface area contributed by atoms with E-state index in [1.54, 1.807) is 11.8 Å². The minimum atomic E-state index is -0.969. The maximum absolute atomic E-state index is 11.3. The summed E-state index contributed by atoms with van der Waals surface area (Å²) in [5, 5.41) is 11.6. The number of carbonyl (C=O) groups excluding carboxylic acids is 1. The lowest BCUT2D eigenvalue weighted by Gasteiger charge is -2.20. The maximum atomic E-state index is 11.3. The van der Waals surface area contributed by atoms with Gasteiger partial charge in [-0.1, -0.05) is 0 Å². The summed E-state index contributed by atoms with van der Waals surface area (Å²) in [6.07, 6.45) is 1.95. The van der Waals surface area contributed by atoms with Crippen LogP contribution in [0, 0.1) is 0 Å². The summed E-state index contributed by atoms with van der Waals surface area (Å²) in [4.78, 5) is 23.5. The quantitative estimate of drug-likeness (QED) is 0.482. The molecule has 0 saturated heterocycles. The molecule has 0 aromatic rings. The van der Waals surface area contributed by atoms with Crippen molar-refractivity contribution in [3.63, 3.8) is 0 Å². The molecule has 100 valence electrons.